The van der Waals surface area contributed by atoms with Crippen molar-refractivity contribution >= 4 is 22.4 Å². The highest BCUT2D eigenvalue weighted by Crippen LogP contribution is 2.25. The first kappa shape index (κ1) is 8.32. The maximum absolute atomic E-state index is 8.81. The Balaban J connectivity index is 2.95. The molecular weight excluding hydrogens is 176 g/mol. The lowest BCUT2D eigenvalue weighted by molar-refractivity contribution is 1.38. The monoisotopic (exact) mass is 184 g/mol. The number of para-hydroxylation sites is 1. The number of nitriles is 1. The van der Waals surface area contributed by atoms with Gasteiger partial charge >= 0.3 is 0 Å². The van der Waals surface area contributed by atoms with Crippen LogP contribution in [0.5, 0.6) is 0 Å². The van der Waals surface area contributed by atoms with Gasteiger partial charge in [-0.3, -0.25) is 0 Å². The van der Waals surface area contributed by atoms with Crippen molar-refractivity contribution in [3.63, 3.8) is 0 Å². The van der Waals surface area contributed by atoms with Gasteiger partial charge < -0.3 is 11.5 Å². The molecule has 0 aliphatic heterocycles. The first-order valence-corrected chi connectivity index (χ1v) is 4.08. The molecule has 0 bridgehead atoms. The van der Waals surface area contributed by atoms with Crippen LogP contribution in [0.1, 0.15) is 5.56 Å². The van der Waals surface area contributed by atoms with Gasteiger partial charge in [0.15, 0.2) is 0 Å². The molecule has 1 aromatic carbocycles. The number of anilines is 2. The lowest BCUT2D eigenvalue weighted by Crippen LogP contribution is -2.01. The quantitative estimate of drug-likeness (QED) is 0.645. The van der Waals surface area contributed by atoms with Crippen molar-refractivity contribution in [1.29, 1.82) is 5.26 Å². The summed E-state index contributed by atoms with van der Waals surface area (Å²) in [5, 5.41) is 9.57. The lowest BCUT2D eigenvalue weighted by Gasteiger charge is -2.05. The number of benzene rings is 1. The number of nitrogens with zero attached hydrogens (tertiary/aromatic N) is 2. The largest absolute Gasteiger partial charge is 0.397 e. The number of pyridine rings is 1. The zero-order chi connectivity index (χ0) is 10.1. The second kappa shape index (κ2) is 2.89. The molecule has 0 saturated heterocycles. The molecule has 14 heavy (non-hydrogen) atoms. The summed E-state index contributed by atoms with van der Waals surface area (Å²) >= 11 is 0. The van der Waals surface area contributed by atoms with E-state index in [1.165, 1.54) is 0 Å². The molecule has 2 aromatic rings. The summed E-state index contributed by atoms with van der Waals surface area (Å²) in [5.74, 6) is 0.184. The predicted octanol–water partition coefficient (Wildman–Crippen LogP) is 1.27. The standard InChI is InChI=1S/C10H8N4/c11-5-7-9(12)6-3-1-2-4-8(6)14-10(7)13/h1-4H,(H4,12,13,14). The molecule has 0 aliphatic rings. The zero-order valence-corrected chi connectivity index (χ0v) is 7.36. The maximum Gasteiger partial charge on any atom is 0.144 e. The van der Waals surface area contributed by atoms with Crippen LogP contribution in [0.2, 0.25) is 0 Å². The molecule has 68 valence electrons. The van der Waals surface area contributed by atoms with E-state index in [1.807, 2.05) is 30.3 Å². The molecule has 0 radical (unpaired) electrons. The summed E-state index contributed by atoms with van der Waals surface area (Å²) in [4.78, 5) is 4.08. The van der Waals surface area contributed by atoms with E-state index in [2.05, 4.69) is 4.98 Å². The van der Waals surface area contributed by atoms with Gasteiger partial charge in [-0.1, -0.05) is 18.2 Å². The van der Waals surface area contributed by atoms with Crippen LogP contribution >= 0.6 is 0 Å². The van der Waals surface area contributed by atoms with Gasteiger partial charge in [0.2, 0.25) is 0 Å². The average molecular weight is 184 g/mol. The molecule has 1 aromatic heterocycles. The van der Waals surface area contributed by atoms with Crippen LogP contribution in [0.4, 0.5) is 11.5 Å². The van der Waals surface area contributed by atoms with E-state index >= 15 is 0 Å². The molecule has 0 spiro atoms. The Bertz CT molecular complexity index is 540. The van der Waals surface area contributed by atoms with Gasteiger partial charge in [-0.05, 0) is 6.07 Å². The Morgan fingerprint density at radius 3 is 2.64 bits per heavy atom. The topological polar surface area (TPSA) is 88.7 Å². The van der Waals surface area contributed by atoms with Crippen LogP contribution in [-0.4, -0.2) is 4.98 Å². The van der Waals surface area contributed by atoms with Gasteiger partial charge in [-0.25, -0.2) is 4.98 Å². The first-order valence-electron chi connectivity index (χ1n) is 4.08. The number of fused-ring (bicyclic) bond motifs is 1. The highest BCUT2D eigenvalue weighted by molar-refractivity contribution is 5.95. The highest BCUT2D eigenvalue weighted by Gasteiger charge is 2.08. The van der Waals surface area contributed by atoms with E-state index in [4.69, 9.17) is 16.7 Å². The Morgan fingerprint density at radius 2 is 1.93 bits per heavy atom. The van der Waals surface area contributed by atoms with Gasteiger partial charge in [-0.15, -0.1) is 0 Å². The number of aromatic nitrogens is 1. The van der Waals surface area contributed by atoms with Crippen molar-refractivity contribution in [2.24, 2.45) is 0 Å². The molecule has 0 atom stereocenters. The van der Waals surface area contributed by atoms with Gasteiger partial charge in [-0.2, -0.15) is 5.26 Å². The maximum atomic E-state index is 8.81. The minimum Gasteiger partial charge on any atom is -0.397 e. The lowest BCUT2D eigenvalue weighted by atomic mass is 10.1. The van der Waals surface area contributed by atoms with Crippen LogP contribution in [0.15, 0.2) is 24.3 Å². The molecule has 0 unspecified atom stereocenters. The van der Waals surface area contributed by atoms with Gasteiger partial charge in [0.25, 0.3) is 0 Å². The fourth-order valence-corrected chi connectivity index (χ4v) is 1.37. The van der Waals surface area contributed by atoms with Crippen LogP contribution in [0.25, 0.3) is 10.9 Å². The van der Waals surface area contributed by atoms with Crippen molar-refractivity contribution in [2.45, 2.75) is 0 Å². The number of hydrogen-bond acceptors (Lipinski definition) is 4. The van der Waals surface area contributed by atoms with E-state index in [0.717, 1.165) is 5.39 Å². The van der Waals surface area contributed by atoms with Gasteiger partial charge in [0.1, 0.15) is 17.5 Å². The van der Waals surface area contributed by atoms with E-state index in [1.54, 1.807) is 0 Å². The molecule has 0 amide bonds. The summed E-state index contributed by atoms with van der Waals surface area (Å²) in [7, 11) is 0. The molecule has 0 aliphatic carbocycles. The van der Waals surface area contributed by atoms with Crippen molar-refractivity contribution in [3.8, 4) is 6.07 Å². The van der Waals surface area contributed by atoms with Crippen molar-refractivity contribution in [2.75, 3.05) is 11.5 Å². The predicted molar refractivity (Wildman–Crippen MR) is 55.3 cm³/mol. The fourth-order valence-electron chi connectivity index (χ4n) is 1.37. The molecule has 4 heteroatoms. The Hall–Kier alpha value is -2.28. The van der Waals surface area contributed by atoms with Crippen molar-refractivity contribution in [1.82, 2.24) is 4.98 Å². The third-order valence-corrected chi connectivity index (χ3v) is 2.07. The molecule has 4 N–H and O–H groups in total. The number of nitrogens with two attached hydrogens (primary N) is 2. The number of hydrogen-bond donors (Lipinski definition) is 2. The van der Waals surface area contributed by atoms with Crippen molar-refractivity contribution in [3.05, 3.63) is 29.8 Å². The van der Waals surface area contributed by atoms with Crippen molar-refractivity contribution < 1.29 is 0 Å². The summed E-state index contributed by atoms with van der Waals surface area (Å²) in [6.45, 7) is 0. The smallest absolute Gasteiger partial charge is 0.144 e. The highest BCUT2D eigenvalue weighted by atomic mass is 14.9. The van der Waals surface area contributed by atoms with Crippen LogP contribution < -0.4 is 11.5 Å². The van der Waals surface area contributed by atoms with Crippen LogP contribution in [-0.2, 0) is 0 Å². The second-order valence-corrected chi connectivity index (χ2v) is 2.91. The third-order valence-electron chi connectivity index (χ3n) is 2.07. The number of nitrogen functional groups attached to an aromatic ring is 2. The normalized spacial score (nSPS) is 9.93. The minimum absolute atomic E-state index is 0.184. The van der Waals surface area contributed by atoms with E-state index in [9.17, 15) is 0 Å². The van der Waals surface area contributed by atoms with Gasteiger partial charge in [0.05, 0.1) is 11.2 Å². The molecule has 0 saturated carbocycles. The Labute approximate surface area is 80.8 Å². The molecule has 2 rings (SSSR count). The Morgan fingerprint density at radius 1 is 1.21 bits per heavy atom. The zero-order valence-electron chi connectivity index (χ0n) is 7.36. The van der Waals surface area contributed by atoms with E-state index in [-0.39, 0.29) is 11.4 Å². The fraction of sp³-hybridized carbons (Fsp3) is 0. The van der Waals surface area contributed by atoms with E-state index < -0.39 is 0 Å². The first-order chi connectivity index (χ1) is 6.74. The minimum atomic E-state index is 0.184. The molecule has 4 nitrogen and oxygen atoms in total. The average Bonchev–Trinajstić information content (AvgIpc) is 2.18. The Kier molecular flexibility index (Phi) is 1.72. The SMILES string of the molecule is N#Cc1c(N)nc2ccccc2c1N. The molecule has 1 heterocycles. The summed E-state index contributed by atoms with van der Waals surface area (Å²) in [5.41, 5.74) is 12.7. The van der Waals surface area contributed by atoms with E-state index in [0.29, 0.717) is 11.2 Å². The third kappa shape index (κ3) is 1.04. The molecular formula is C10H8N4. The van der Waals surface area contributed by atoms with Crippen LogP contribution in [0, 0.1) is 11.3 Å². The summed E-state index contributed by atoms with van der Waals surface area (Å²) < 4.78 is 0. The van der Waals surface area contributed by atoms with Gasteiger partial charge in [0, 0.05) is 5.39 Å². The number of rotatable bonds is 0. The molecule has 0 fully saturated rings. The van der Waals surface area contributed by atoms with Crippen LogP contribution in [0.3, 0.4) is 0 Å². The summed E-state index contributed by atoms with van der Waals surface area (Å²) in [6, 6.07) is 9.26. The second-order valence-electron chi connectivity index (χ2n) is 2.91. The summed E-state index contributed by atoms with van der Waals surface area (Å²) in [6.07, 6.45) is 0.